The molecule has 0 spiro atoms. The van der Waals surface area contributed by atoms with Crippen molar-refractivity contribution in [3.8, 4) is 5.75 Å². The summed E-state index contributed by atoms with van der Waals surface area (Å²) in [6, 6.07) is 14.4. The first-order chi connectivity index (χ1) is 12.7. The van der Waals surface area contributed by atoms with E-state index in [2.05, 4.69) is 5.32 Å². The minimum Gasteiger partial charge on any atom is -0.496 e. The second-order valence-electron chi connectivity index (χ2n) is 6.24. The van der Waals surface area contributed by atoms with Gasteiger partial charge in [0, 0.05) is 25.3 Å². The molecule has 0 aromatic heterocycles. The van der Waals surface area contributed by atoms with Gasteiger partial charge in [0.1, 0.15) is 11.6 Å². The minimum absolute atomic E-state index is 0.130. The number of nitrogens with zero attached hydrogens (tertiary/aromatic N) is 1. The summed E-state index contributed by atoms with van der Waals surface area (Å²) in [7, 11) is 1.65. The van der Waals surface area contributed by atoms with Crippen molar-refractivity contribution < 1.29 is 13.9 Å². The van der Waals surface area contributed by atoms with Crippen LogP contribution in [0.5, 0.6) is 5.75 Å². The summed E-state index contributed by atoms with van der Waals surface area (Å²) in [5.41, 5.74) is 1.39. The first kappa shape index (κ1) is 18.6. The highest BCUT2D eigenvalue weighted by Gasteiger charge is 2.22. The highest BCUT2D eigenvalue weighted by molar-refractivity contribution is 7.80. The third-order valence-electron chi connectivity index (χ3n) is 4.40. The van der Waals surface area contributed by atoms with Crippen LogP contribution >= 0.6 is 12.2 Å². The highest BCUT2D eigenvalue weighted by Crippen LogP contribution is 2.22. The van der Waals surface area contributed by atoms with E-state index in [4.69, 9.17) is 21.7 Å². The number of halogens is 1. The zero-order valence-corrected chi connectivity index (χ0v) is 15.6. The molecule has 3 rings (SSSR count). The van der Waals surface area contributed by atoms with Crippen molar-refractivity contribution in [2.45, 2.75) is 25.5 Å². The lowest BCUT2D eigenvalue weighted by Crippen LogP contribution is -2.39. The van der Waals surface area contributed by atoms with E-state index < -0.39 is 0 Å². The normalized spacial score (nSPS) is 16.3. The molecule has 138 valence electrons. The maximum atomic E-state index is 14.0. The predicted molar refractivity (Wildman–Crippen MR) is 105 cm³/mol. The summed E-state index contributed by atoms with van der Waals surface area (Å²) in [5.74, 6) is 0.475. The van der Waals surface area contributed by atoms with Crippen molar-refractivity contribution in [3.05, 3.63) is 59.9 Å². The molecule has 1 fully saturated rings. The molecule has 0 amide bonds. The Balaban J connectivity index is 1.77. The van der Waals surface area contributed by atoms with Gasteiger partial charge in [0.2, 0.25) is 0 Å². The largest absolute Gasteiger partial charge is 0.496 e. The van der Waals surface area contributed by atoms with Gasteiger partial charge in [-0.2, -0.15) is 0 Å². The van der Waals surface area contributed by atoms with E-state index in [9.17, 15) is 4.39 Å². The van der Waals surface area contributed by atoms with Gasteiger partial charge in [-0.1, -0.05) is 30.3 Å². The van der Waals surface area contributed by atoms with Crippen LogP contribution in [0.3, 0.4) is 0 Å². The summed E-state index contributed by atoms with van der Waals surface area (Å²) >= 11 is 5.58. The minimum atomic E-state index is -0.329. The Morgan fingerprint density at radius 2 is 2.04 bits per heavy atom. The lowest BCUT2D eigenvalue weighted by Gasteiger charge is -2.29. The SMILES string of the molecule is COc1ccccc1CN(CC1CCCO1)C(=S)Nc1ccccc1F. The highest BCUT2D eigenvalue weighted by atomic mass is 32.1. The molecular weight excluding hydrogens is 351 g/mol. The fourth-order valence-corrected chi connectivity index (χ4v) is 3.30. The Hall–Kier alpha value is -2.18. The summed E-state index contributed by atoms with van der Waals surface area (Å²) in [6.45, 7) is 1.99. The third-order valence-corrected chi connectivity index (χ3v) is 4.76. The molecule has 2 aromatic rings. The van der Waals surface area contributed by atoms with E-state index in [-0.39, 0.29) is 11.9 Å². The molecular formula is C20H23FN2O2S. The van der Waals surface area contributed by atoms with E-state index in [1.54, 1.807) is 25.3 Å². The number of thiocarbonyl (C=S) groups is 1. The topological polar surface area (TPSA) is 33.7 Å². The molecule has 0 aliphatic carbocycles. The fourth-order valence-electron chi connectivity index (χ4n) is 3.05. The molecule has 1 aliphatic heterocycles. The Bertz CT molecular complexity index is 750. The van der Waals surface area contributed by atoms with Crippen LogP contribution in [-0.4, -0.2) is 36.4 Å². The van der Waals surface area contributed by atoms with Crippen LogP contribution in [0.2, 0.25) is 0 Å². The van der Waals surface area contributed by atoms with Crippen LogP contribution in [-0.2, 0) is 11.3 Å². The van der Waals surface area contributed by atoms with Crippen molar-refractivity contribution in [2.24, 2.45) is 0 Å². The smallest absolute Gasteiger partial charge is 0.173 e. The Labute approximate surface area is 158 Å². The van der Waals surface area contributed by atoms with Gasteiger partial charge in [-0.05, 0) is 43.3 Å². The zero-order valence-electron chi connectivity index (χ0n) is 14.8. The molecule has 6 heteroatoms. The van der Waals surface area contributed by atoms with Crippen LogP contribution in [0.15, 0.2) is 48.5 Å². The van der Waals surface area contributed by atoms with Crippen molar-refractivity contribution in [1.29, 1.82) is 0 Å². The van der Waals surface area contributed by atoms with Gasteiger partial charge < -0.3 is 19.7 Å². The second kappa shape index (κ2) is 8.96. The molecule has 1 saturated heterocycles. The molecule has 4 nitrogen and oxygen atoms in total. The van der Waals surface area contributed by atoms with E-state index in [0.717, 1.165) is 30.8 Å². The number of rotatable bonds is 6. The molecule has 1 N–H and O–H groups in total. The molecule has 2 aromatic carbocycles. The maximum absolute atomic E-state index is 14.0. The second-order valence-corrected chi connectivity index (χ2v) is 6.62. The van der Waals surface area contributed by atoms with Gasteiger partial charge in [0.15, 0.2) is 5.11 Å². The average Bonchev–Trinajstić information content (AvgIpc) is 3.16. The van der Waals surface area contributed by atoms with Crippen molar-refractivity contribution in [2.75, 3.05) is 25.6 Å². The van der Waals surface area contributed by atoms with Gasteiger partial charge in [-0.25, -0.2) is 4.39 Å². The number of para-hydroxylation sites is 2. The van der Waals surface area contributed by atoms with Crippen LogP contribution < -0.4 is 10.1 Å². The Morgan fingerprint density at radius 3 is 2.77 bits per heavy atom. The molecule has 1 aliphatic rings. The molecule has 1 atom stereocenters. The first-order valence-electron chi connectivity index (χ1n) is 8.71. The van der Waals surface area contributed by atoms with E-state index >= 15 is 0 Å². The molecule has 26 heavy (non-hydrogen) atoms. The van der Waals surface area contributed by atoms with Crippen LogP contribution in [0.25, 0.3) is 0 Å². The van der Waals surface area contributed by atoms with Gasteiger partial charge in [-0.15, -0.1) is 0 Å². The molecule has 1 heterocycles. The van der Waals surface area contributed by atoms with Crippen LogP contribution in [0.4, 0.5) is 10.1 Å². The Morgan fingerprint density at radius 1 is 1.27 bits per heavy atom. The Kier molecular flexibility index (Phi) is 6.41. The lowest BCUT2D eigenvalue weighted by atomic mass is 10.1. The van der Waals surface area contributed by atoms with E-state index in [1.807, 2.05) is 29.2 Å². The number of methoxy groups -OCH3 is 1. The summed E-state index contributed by atoms with van der Waals surface area (Å²) in [6.07, 6.45) is 2.19. The summed E-state index contributed by atoms with van der Waals surface area (Å²) in [4.78, 5) is 2.01. The first-order valence-corrected chi connectivity index (χ1v) is 9.12. The maximum Gasteiger partial charge on any atom is 0.173 e. The number of hydrogen-bond donors (Lipinski definition) is 1. The van der Waals surface area contributed by atoms with Crippen LogP contribution in [0.1, 0.15) is 18.4 Å². The van der Waals surface area contributed by atoms with Crippen molar-refractivity contribution >= 4 is 23.0 Å². The standard InChI is InChI=1S/C20H23FN2O2S/c1-24-19-11-5-2-7-15(19)13-23(14-16-8-6-12-25-16)20(26)22-18-10-4-3-9-17(18)21/h2-5,7,9-11,16H,6,8,12-14H2,1H3,(H,22,26). The van der Waals surface area contributed by atoms with Gasteiger partial charge >= 0.3 is 0 Å². The fraction of sp³-hybridized carbons (Fsp3) is 0.350. The summed E-state index contributed by atoms with van der Waals surface area (Å²) in [5, 5.41) is 3.50. The number of nitrogens with one attached hydrogen (secondary N) is 1. The third kappa shape index (κ3) is 4.71. The average molecular weight is 374 g/mol. The van der Waals surface area contributed by atoms with Gasteiger partial charge in [0.05, 0.1) is 18.9 Å². The van der Waals surface area contributed by atoms with Crippen molar-refractivity contribution in [1.82, 2.24) is 4.90 Å². The lowest BCUT2D eigenvalue weighted by molar-refractivity contribution is 0.0903. The summed E-state index contributed by atoms with van der Waals surface area (Å²) < 4.78 is 25.2. The van der Waals surface area contributed by atoms with Crippen LogP contribution in [0, 0.1) is 5.82 Å². The monoisotopic (exact) mass is 374 g/mol. The van der Waals surface area contributed by atoms with E-state index in [0.29, 0.717) is 23.9 Å². The number of hydrogen-bond acceptors (Lipinski definition) is 3. The molecule has 0 bridgehead atoms. The van der Waals surface area contributed by atoms with E-state index in [1.165, 1.54) is 6.07 Å². The quantitative estimate of drug-likeness (QED) is 0.766. The molecule has 0 radical (unpaired) electrons. The van der Waals surface area contributed by atoms with Crippen molar-refractivity contribution in [3.63, 3.8) is 0 Å². The number of anilines is 1. The number of benzene rings is 2. The van der Waals surface area contributed by atoms with Gasteiger partial charge in [-0.3, -0.25) is 0 Å². The predicted octanol–water partition coefficient (Wildman–Crippen LogP) is 4.21. The molecule has 1 unspecified atom stereocenters. The van der Waals surface area contributed by atoms with Gasteiger partial charge in [0.25, 0.3) is 0 Å². The number of ether oxygens (including phenoxy) is 2. The zero-order chi connectivity index (χ0) is 18.4. The molecule has 0 saturated carbocycles.